The fourth-order valence-electron chi connectivity index (χ4n) is 2.37. The highest BCUT2D eigenvalue weighted by atomic mass is 16.3. The van der Waals surface area contributed by atoms with Gasteiger partial charge in [-0.15, -0.1) is 0 Å². The summed E-state index contributed by atoms with van der Waals surface area (Å²) in [4.78, 5) is 26.0. The van der Waals surface area contributed by atoms with Crippen LogP contribution in [0.1, 0.15) is 47.0 Å². The number of aliphatic hydroxyl groups is 1. The molecule has 0 radical (unpaired) electrons. The lowest BCUT2D eigenvalue weighted by Crippen LogP contribution is -2.46. The number of carbonyl (C=O) groups is 2. The molecule has 0 spiro atoms. The maximum Gasteiger partial charge on any atom is 0.227 e. The van der Waals surface area contributed by atoms with E-state index in [1.807, 2.05) is 25.7 Å². The molecular formula is C15H28N2O3. The van der Waals surface area contributed by atoms with Crippen molar-refractivity contribution in [1.29, 1.82) is 0 Å². The molecule has 1 fully saturated rings. The van der Waals surface area contributed by atoms with Crippen molar-refractivity contribution in [2.45, 2.75) is 53.1 Å². The third kappa shape index (κ3) is 5.12. The van der Waals surface area contributed by atoms with E-state index in [0.29, 0.717) is 26.1 Å². The number of piperidine rings is 1. The summed E-state index contributed by atoms with van der Waals surface area (Å²) in [5.74, 6) is 0.201. The molecule has 0 aromatic rings. The summed E-state index contributed by atoms with van der Waals surface area (Å²) in [6, 6.07) is 0. The van der Waals surface area contributed by atoms with Crippen molar-refractivity contribution >= 4 is 11.8 Å². The predicted molar refractivity (Wildman–Crippen MR) is 78.1 cm³/mol. The Morgan fingerprint density at radius 3 is 2.30 bits per heavy atom. The molecule has 0 saturated carbocycles. The SMILES string of the molecule is CC(O)CCNC(=O)C1CCN(C(=O)C(C)(C)C)CC1. The van der Waals surface area contributed by atoms with E-state index in [4.69, 9.17) is 5.11 Å². The van der Waals surface area contributed by atoms with Crippen molar-refractivity contribution < 1.29 is 14.7 Å². The van der Waals surface area contributed by atoms with Gasteiger partial charge in [-0.05, 0) is 26.2 Å². The lowest BCUT2D eigenvalue weighted by Gasteiger charge is -2.35. The number of carbonyl (C=O) groups excluding carboxylic acids is 2. The zero-order valence-corrected chi connectivity index (χ0v) is 13.1. The molecule has 1 rings (SSSR count). The van der Waals surface area contributed by atoms with Crippen LogP contribution < -0.4 is 5.32 Å². The molecule has 2 N–H and O–H groups in total. The predicted octanol–water partition coefficient (Wildman–Crippen LogP) is 1.16. The molecule has 1 aliphatic heterocycles. The molecule has 1 saturated heterocycles. The Hall–Kier alpha value is -1.10. The van der Waals surface area contributed by atoms with Gasteiger partial charge in [-0.2, -0.15) is 0 Å². The Balaban J connectivity index is 2.35. The highest BCUT2D eigenvalue weighted by molar-refractivity contribution is 5.82. The third-order valence-corrected chi connectivity index (χ3v) is 3.66. The molecule has 1 unspecified atom stereocenters. The fraction of sp³-hybridized carbons (Fsp3) is 0.867. The summed E-state index contributed by atoms with van der Waals surface area (Å²) in [6.45, 7) is 9.30. The maximum absolute atomic E-state index is 12.1. The standard InChI is InChI=1S/C15H28N2O3/c1-11(18)5-8-16-13(19)12-6-9-17(10-7-12)14(20)15(2,3)4/h11-12,18H,5-10H2,1-4H3,(H,16,19). The van der Waals surface area contributed by atoms with Crippen molar-refractivity contribution in [2.75, 3.05) is 19.6 Å². The van der Waals surface area contributed by atoms with Crippen molar-refractivity contribution in [3.05, 3.63) is 0 Å². The van der Waals surface area contributed by atoms with Crippen molar-refractivity contribution in [3.8, 4) is 0 Å². The molecule has 1 atom stereocenters. The molecular weight excluding hydrogens is 256 g/mol. The Kier molecular flexibility index (Phi) is 5.99. The first-order valence-corrected chi connectivity index (χ1v) is 7.47. The fourth-order valence-corrected chi connectivity index (χ4v) is 2.37. The summed E-state index contributed by atoms with van der Waals surface area (Å²) in [7, 11) is 0. The highest BCUT2D eigenvalue weighted by Crippen LogP contribution is 2.23. The number of nitrogens with zero attached hydrogens (tertiary/aromatic N) is 1. The Morgan fingerprint density at radius 2 is 1.85 bits per heavy atom. The lowest BCUT2D eigenvalue weighted by molar-refractivity contribution is -0.142. The van der Waals surface area contributed by atoms with Gasteiger partial charge in [-0.3, -0.25) is 9.59 Å². The first-order chi connectivity index (χ1) is 9.21. The summed E-state index contributed by atoms with van der Waals surface area (Å²) < 4.78 is 0. The van der Waals surface area contributed by atoms with E-state index in [1.54, 1.807) is 6.92 Å². The first-order valence-electron chi connectivity index (χ1n) is 7.47. The van der Waals surface area contributed by atoms with Crippen LogP contribution in [0.25, 0.3) is 0 Å². The van der Waals surface area contributed by atoms with Gasteiger partial charge in [-0.1, -0.05) is 20.8 Å². The summed E-state index contributed by atoms with van der Waals surface area (Å²) >= 11 is 0. The van der Waals surface area contributed by atoms with Crippen LogP contribution in [0, 0.1) is 11.3 Å². The van der Waals surface area contributed by atoms with Gasteiger partial charge in [0.15, 0.2) is 0 Å². The topological polar surface area (TPSA) is 69.6 Å². The van der Waals surface area contributed by atoms with Gasteiger partial charge in [0, 0.05) is 31.0 Å². The second kappa shape index (κ2) is 7.07. The highest BCUT2D eigenvalue weighted by Gasteiger charge is 2.32. The summed E-state index contributed by atoms with van der Waals surface area (Å²) in [5.41, 5.74) is -0.355. The van der Waals surface area contributed by atoms with Crippen LogP contribution in [0.3, 0.4) is 0 Å². The number of hydrogen-bond acceptors (Lipinski definition) is 3. The number of likely N-dealkylation sites (tertiary alicyclic amines) is 1. The number of amides is 2. The molecule has 20 heavy (non-hydrogen) atoms. The van der Waals surface area contributed by atoms with Crippen molar-refractivity contribution in [2.24, 2.45) is 11.3 Å². The zero-order valence-electron chi connectivity index (χ0n) is 13.1. The molecule has 0 aromatic carbocycles. The largest absolute Gasteiger partial charge is 0.393 e. The van der Waals surface area contributed by atoms with Gasteiger partial charge >= 0.3 is 0 Å². The van der Waals surface area contributed by atoms with Gasteiger partial charge in [0.1, 0.15) is 0 Å². The Labute approximate surface area is 121 Å². The first kappa shape index (κ1) is 17.0. The van der Waals surface area contributed by atoms with Crippen LogP contribution in [0.4, 0.5) is 0 Å². The molecule has 1 heterocycles. The molecule has 116 valence electrons. The molecule has 0 aliphatic carbocycles. The number of aliphatic hydroxyl groups excluding tert-OH is 1. The van der Waals surface area contributed by atoms with Crippen LogP contribution in [0.5, 0.6) is 0 Å². The minimum Gasteiger partial charge on any atom is -0.393 e. The average molecular weight is 284 g/mol. The minimum atomic E-state index is -0.387. The molecule has 0 bridgehead atoms. The summed E-state index contributed by atoms with van der Waals surface area (Å²) in [5, 5.41) is 12.0. The normalized spacial score (nSPS) is 18.8. The average Bonchev–Trinajstić information content (AvgIpc) is 2.36. The van der Waals surface area contributed by atoms with E-state index in [1.165, 1.54) is 0 Å². The van der Waals surface area contributed by atoms with Gasteiger partial charge in [-0.25, -0.2) is 0 Å². The van der Waals surface area contributed by atoms with Gasteiger partial charge < -0.3 is 15.3 Å². The number of rotatable bonds is 4. The molecule has 5 heteroatoms. The van der Waals surface area contributed by atoms with Crippen LogP contribution in [-0.2, 0) is 9.59 Å². The number of hydrogen-bond donors (Lipinski definition) is 2. The van der Waals surface area contributed by atoms with E-state index in [0.717, 1.165) is 12.8 Å². The molecule has 2 amide bonds. The van der Waals surface area contributed by atoms with Crippen molar-refractivity contribution in [3.63, 3.8) is 0 Å². The van der Waals surface area contributed by atoms with Crippen molar-refractivity contribution in [1.82, 2.24) is 10.2 Å². The lowest BCUT2D eigenvalue weighted by atomic mass is 9.90. The Morgan fingerprint density at radius 1 is 1.30 bits per heavy atom. The van der Waals surface area contributed by atoms with Crippen LogP contribution in [-0.4, -0.2) is 47.6 Å². The second-order valence-electron chi connectivity index (χ2n) is 6.75. The van der Waals surface area contributed by atoms with Crippen LogP contribution in [0.15, 0.2) is 0 Å². The smallest absolute Gasteiger partial charge is 0.227 e. The summed E-state index contributed by atoms with van der Waals surface area (Å²) in [6.07, 6.45) is 1.64. The molecule has 5 nitrogen and oxygen atoms in total. The van der Waals surface area contributed by atoms with E-state index in [9.17, 15) is 9.59 Å². The van der Waals surface area contributed by atoms with E-state index in [-0.39, 0.29) is 29.3 Å². The van der Waals surface area contributed by atoms with Gasteiger partial charge in [0.2, 0.25) is 11.8 Å². The third-order valence-electron chi connectivity index (χ3n) is 3.66. The molecule has 1 aliphatic rings. The van der Waals surface area contributed by atoms with E-state index >= 15 is 0 Å². The van der Waals surface area contributed by atoms with Crippen LogP contribution in [0.2, 0.25) is 0 Å². The molecule has 0 aromatic heterocycles. The van der Waals surface area contributed by atoms with E-state index < -0.39 is 0 Å². The van der Waals surface area contributed by atoms with Gasteiger partial charge in [0.25, 0.3) is 0 Å². The van der Waals surface area contributed by atoms with E-state index in [2.05, 4.69) is 5.32 Å². The second-order valence-corrected chi connectivity index (χ2v) is 6.75. The maximum atomic E-state index is 12.1. The Bertz CT molecular complexity index is 340. The zero-order chi connectivity index (χ0) is 15.3. The quantitative estimate of drug-likeness (QED) is 0.814. The van der Waals surface area contributed by atoms with Crippen LogP contribution >= 0.6 is 0 Å². The number of nitrogens with one attached hydrogen (secondary N) is 1. The minimum absolute atomic E-state index is 0.00647. The monoisotopic (exact) mass is 284 g/mol. The van der Waals surface area contributed by atoms with Gasteiger partial charge in [0.05, 0.1) is 6.10 Å².